The first-order valence-electron chi connectivity index (χ1n) is 7.75. The third-order valence-electron chi connectivity index (χ3n) is 6.09. The quantitative estimate of drug-likeness (QED) is 0.810. The SMILES string of the molecule is CC12c3ccccc3C(C)(c3ccccc31)[C@H]1OC(=O)N[C@H]12. The van der Waals surface area contributed by atoms with Gasteiger partial charge in [-0.3, -0.25) is 0 Å². The largest absolute Gasteiger partial charge is 0.443 e. The molecule has 1 N–H and O–H groups in total. The summed E-state index contributed by atoms with van der Waals surface area (Å²) in [6.07, 6.45) is -0.456. The highest BCUT2D eigenvalue weighted by Gasteiger charge is 2.66. The van der Waals surface area contributed by atoms with Crippen molar-refractivity contribution < 1.29 is 9.53 Å². The summed E-state index contributed by atoms with van der Waals surface area (Å²) in [5.41, 5.74) is 4.64. The van der Waals surface area contributed by atoms with Crippen LogP contribution in [-0.4, -0.2) is 18.2 Å². The molecule has 2 aromatic rings. The maximum atomic E-state index is 12.0. The molecule has 110 valence electrons. The molecule has 1 amide bonds. The summed E-state index contributed by atoms with van der Waals surface area (Å²) < 4.78 is 5.73. The summed E-state index contributed by atoms with van der Waals surface area (Å²) in [5.74, 6) is 0. The second-order valence-corrected chi connectivity index (χ2v) is 6.94. The van der Waals surface area contributed by atoms with Gasteiger partial charge >= 0.3 is 6.09 Å². The normalized spacial score (nSPS) is 36.9. The fourth-order valence-electron chi connectivity index (χ4n) is 5.03. The summed E-state index contributed by atoms with van der Waals surface area (Å²) in [5, 5.41) is 3.07. The van der Waals surface area contributed by atoms with Crippen LogP contribution in [0.2, 0.25) is 0 Å². The average Bonchev–Trinajstić information content (AvgIpc) is 2.95. The van der Waals surface area contributed by atoms with Crippen LogP contribution in [0.4, 0.5) is 4.79 Å². The highest BCUT2D eigenvalue weighted by Crippen LogP contribution is 2.60. The van der Waals surface area contributed by atoms with Gasteiger partial charge in [-0.15, -0.1) is 0 Å². The molecule has 0 unspecified atom stereocenters. The lowest BCUT2D eigenvalue weighted by Crippen LogP contribution is -2.65. The van der Waals surface area contributed by atoms with E-state index in [0.717, 1.165) is 0 Å². The first kappa shape index (κ1) is 12.3. The number of carbonyl (C=O) groups is 1. The zero-order chi connectivity index (χ0) is 15.1. The summed E-state index contributed by atoms with van der Waals surface area (Å²) in [6.45, 7) is 4.44. The number of rotatable bonds is 0. The van der Waals surface area contributed by atoms with Gasteiger partial charge in [0.1, 0.15) is 6.10 Å². The van der Waals surface area contributed by atoms with E-state index in [4.69, 9.17) is 4.74 Å². The van der Waals surface area contributed by atoms with Gasteiger partial charge in [-0.25, -0.2) is 4.79 Å². The van der Waals surface area contributed by atoms with Gasteiger partial charge in [0.25, 0.3) is 0 Å². The van der Waals surface area contributed by atoms with Crippen molar-refractivity contribution in [1.29, 1.82) is 0 Å². The standard InChI is InChI=1S/C19H17NO2/c1-18-11-7-3-5-9-13(11)19(2,14-10-6-4-8-12(14)18)16-15(18)20-17(21)22-16/h3-10,15-16H,1-2H3,(H,20,21)/t15-,16+,18?,19?/m1/s1. The topological polar surface area (TPSA) is 38.3 Å². The van der Waals surface area contributed by atoms with Crippen LogP contribution in [0.1, 0.15) is 36.1 Å². The van der Waals surface area contributed by atoms with Crippen molar-refractivity contribution in [2.45, 2.75) is 36.8 Å². The van der Waals surface area contributed by atoms with E-state index in [0.29, 0.717) is 0 Å². The molecule has 2 atom stereocenters. The molecule has 1 heterocycles. The Balaban J connectivity index is 1.95. The molecule has 1 fully saturated rings. The van der Waals surface area contributed by atoms with Gasteiger partial charge in [-0.1, -0.05) is 48.5 Å². The molecule has 1 aliphatic heterocycles. The fourth-order valence-corrected chi connectivity index (χ4v) is 5.03. The minimum Gasteiger partial charge on any atom is -0.443 e. The molecular weight excluding hydrogens is 274 g/mol. The van der Waals surface area contributed by atoms with Gasteiger partial charge in [0.15, 0.2) is 0 Å². The lowest BCUT2D eigenvalue weighted by Gasteiger charge is -2.57. The molecule has 0 aromatic heterocycles. The van der Waals surface area contributed by atoms with E-state index in [1.807, 2.05) is 0 Å². The molecule has 4 aliphatic rings. The van der Waals surface area contributed by atoms with Gasteiger partial charge in [0.2, 0.25) is 0 Å². The Morgan fingerprint density at radius 1 is 0.864 bits per heavy atom. The second kappa shape index (κ2) is 3.54. The summed E-state index contributed by atoms with van der Waals surface area (Å²) >= 11 is 0. The van der Waals surface area contributed by atoms with Crippen LogP contribution in [0.5, 0.6) is 0 Å². The van der Waals surface area contributed by atoms with Crippen molar-refractivity contribution in [2.75, 3.05) is 0 Å². The van der Waals surface area contributed by atoms with Crippen LogP contribution in [0.3, 0.4) is 0 Å². The molecular formula is C19H17NO2. The van der Waals surface area contributed by atoms with Crippen molar-refractivity contribution in [1.82, 2.24) is 5.32 Å². The molecule has 0 spiro atoms. The van der Waals surface area contributed by atoms with Gasteiger partial charge in [-0.05, 0) is 36.1 Å². The molecule has 1 saturated heterocycles. The van der Waals surface area contributed by atoms with Crippen molar-refractivity contribution in [3.05, 3.63) is 70.8 Å². The third kappa shape index (κ3) is 1.08. The molecule has 6 rings (SSSR count). The van der Waals surface area contributed by atoms with E-state index in [1.165, 1.54) is 22.3 Å². The van der Waals surface area contributed by atoms with Crippen molar-refractivity contribution in [2.24, 2.45) is 0 Å². The van der Waals surface area contributed by atoms with E-state index in [2.05, 4.69) is 67.7 Å². The van der Waals surface area contributed by atoms with E-state index < -0.39 is 0 Å². The average molecular weight is 291 g/mol. The smallest absolute Gasteiger partial charge is 0.407 e. The van der Waals surface area contributed by atoms with Crippen LogP contribution >= 0.6 is 0 Å². The highest BCUT2D eigenvalue weighted by atomic mass is 16.6. The summed E-state index contributed by atoms with van der Waals surface area (Å²) in [7, 11) is 0. The number of ether oxygens (including phenoxy) is 1. The summed E-state index contributed by atoms with van der Waals surface area (Å²) in [6, 6.07) is 17.1. The number of carbonyl (C=O) groups excluding carboxylic acids is 1. The molecule has 2 aromatic carbocycles. The Kier molecular flexibility index (Phi) is 1.98. The van der Waals surface area contributed by atoms with Crippen LogP contribution in [0.25, 0.3) is 0 Å². The van der Waals surface area contributed by atoms with E-state index in [-0.39, 0.29) is 29.1 Å². The maximum Gasteiger partial charge on any atom is 0.407 e. The number of alkyl carbamates (subject to hydrolysis) is 1. The predicted molar refractivity (Wildman–Crippen MR) is 83.0 cm³/mol. The molecule has 22 heavy (non-hydrogen) atoms. The van der Waals surface area contributed by atoms with Crippen LogP contribution in [0, 0.1) is 0 Å². The molecule has 3 aliphatic carbocycles. The zero-order valence-corrected chi connectivity index (χ0v) is 12.6. The van der Waals surface area contributed by atoms with Crippen LogP contribution in [0.15, 0.2) is 48.5 Å². The van der Waals surface area contributed by atoms with Gasteiger partial charge < -0.3 is 10.1 Å². The number of amides is 1. The lowest BCUT2D eigenvalue weighted by atomic mass is 9.47. The minimum absolute atomic E-state index is 0.0187. The number of hydrogen-bond donors (Lipinski definition) is 1. The van der Waals surface area contributed by atoms with Gasteiger partial charge in [-0.2, -0.15) is 0 Å². The van der Waals surface area contributed by atoms with E-state index >= 15 is 0 Å². The first-order chi connectivity index (χ1) is 10.6. The van der Waals surface area contributed by atoms with Gasteiger partial charge in [0.05, 0.1) is 11.5 Å². The second-order valence-electron chi connectivity index (χ2n) is 6.94. The zero-order valence-electron chi connectivity index (χ0n) is 12.6. The third-order valence-corrected chi connectivity index (χ3v) is 6.09. The Labute approximate surface area is 129 Å². The molecule has 3 heteroatoms. The van der Waals surface area contributed by atoms with Crippen molar-refractivity contribution in [3.63, 3.8) is 0 Å². The van der Waals surface area contributed by atoms with E-state index in [1.54, 1.807) is 0 Å². The lowest BCUT2D eigenvalue weighted by molar-refractivity contribution is 0.0599. The monoisotopic (exact) mass is 291 g/mol. The Bertz CT molecular complexity index is 712. The van der Waals surface area contributed by atoms with Crippen molar-refractivity contribution in [3.8, 4) is 0 Å². The Morgan fingerprint density at radius 2 is 1.32 bits per heavy atom. The van der Waals surface area contributed by atoms with Crippen molar-refractivity contribution >= 4 is 6.09 Å². The Hall–Kier alpha value is -2.29. The van der Waals surface area contributed by atoms with E-state index in [9.17, 15) is 4.79 Å². The number of hydrogen-bond acceptors (Lipinski definition) is 2. The maximum absolute atomic E-state index is 12.0. The van der Waals surface area contributed by atoms with Crippen LogP contribution in [-0.2, 0) is 15.6 Å². The van der Waals surface area contributed by atoms with Gasteiger partial charge in [0, 0.05) is 5.41 Å². The molecule has 3 nitrogen and oxygen atoms in total. The molecule has 0 radical (unpaired) electrons. The Morgan fingerprint density at radius 3 is 1.82 bits per heavy atom. The number of benzene rings is 2. The molecule has 0 saturated carbocycles. The first-order valence-corrected chi connectivity index (χ1v) is 7.75. The summed E-state index contributed by atoms with van der Waals surface area (Å²) in [4.78, 5) is 12.0. The molecule has 2 bridgehead atoms. The predicted octanol–water partition coefficient (Wildman–Crippen LogP) is 3.10. The number of nitrogens with one attached hydrogen (secondary N) is 1. The van der Waals surface area contributed by atoms with Crippen LogP contribution < -0.4 is 5.32 Å². The minimum atomic E-state index is -0.298. The highest BCUT2D eigenvalue weighted by molar-refractivity contribution is 5.76. The fraction of sp³-hybridized carbons (Fsp3) is 0.316.